The number of benzene rings is 1. The van der Waals surface area contributed by atoms with Crippen LogP contribution in [0.4, 0.5) is 0 Å². The monoisotopic (exact) mass is 388 g/mol. The summed E-state index contributed by atoms with van der Waals surface area (Å²) in [4.78, 5) is 3.14. The molecular weight excluding hydrogens is 356 g/mol. The van der Waals surface area contributed by atoms with Gasteiger partial charge in [0.2, 0.25) is 10.0 Å². The van der Waals surface area contributed by atoms with Gasteiger partial charge in [-0.25, -0.2) is 8.42 Å². The summed E-state index contributed by atoms with van der Waals surface area (Å²) >= 11 is 0. The van der Waals surface area contributed by atoms with Gasteiger partial charge in [0.1, 0.15) is 0 Å². The first kappa shape index (κ1) is 18.1. The maximum atomic E-state index is 13.1. The number of aryl methyl sites for hydroxylation is 2. The van der Waals surface area contributed by atoms with Gasteiger partial charge in [0.25, 0.3) is 0 Å². The molecule has 5 fully saturated rings. The second-order valence-corrected chi connectivity index (χ2v) is 11.7. The van der Waals surface area contributed by atoms with Crippen LogP contribution in [0.5, 0.6) is 0 Å². The highest BCUT2D eigenvalue weighted by atomic mass is 32.2. The molecule has 1 aliphatic heterocycles. The van der Waals surface area contributed by atoms with E-state index in [4.69, 9.17) is 0 Å². The third-order valence-electron chi connectivity index (χ3n) is 8.03. The van der Waals surface area contributed by atoms with E-state index in [-0.39, 0.29) is 0 Å². The van der Waals surface area contributed by atoms with E-state index in [1.165, 1.54) is 38.5 Å². The fourth-order valence-electron chi connectivity index (χ4n) is 6.88. The van der Waals surface area contributed by atoms with E-state index < -0.39 is 10.0 Å². The van der Waals surface area contributed by atoms with Gasteiger partial charge in [-0.3, -0.25) is 4.90 Å². The smallest absolute Gasteiger partial charge is 0.243 e. The van der Waals surface area contributed by atoms with Gasteiger partial charge in [-0.05, 0) is 93.4 Å². The second kappa shape index (κ2) is 6.30. The van der Waals surface area contributed by atoms with E-state index in [0.29, 0.717) is 23.5 Å². The summed E-state index contributed by atoms with van der Waals surface area (Å²) in [5.41, 5.74) is 2.58. The normalized spacial score (nSPS) is 37.0. The number of hydrogen-bond acceptors (Lipinski definition) is 3. The minimum Gasteiger partial charge on any atom is -0.295 e. The van der Waals surface area contributed by atoms with Crippen LogP contribution in [0.1, 0.15) is 49.7 Å². The summed E-state index contributed by atoms with van der Waals surface area (Å²) < 4.78 is 27.9. The van der Waals surface area contributed by atoms with Crippen molar-refractivity contribution in [3.05, 3.63) is 29.3 Å². The molecule has 148 valence electrons. The molecule has 4 nitrogen and oxygen atoms in total. The minimum absolute atomic E-state index is 0.394. The fourth-order valence-corrected chi connectivity index (χ4v) is 8.39. The zero-order valence-electron chi connectivity index (χ0n) is 16.7. The van der Waals surface area contributed by atoms with Crippen LogP contribution in [0, 0.1) is 31.6 Å². The first-order valence-corrected chi connectivity index (χ1v) is 12.1. The van der Waals surface area contributed by atoms with Gasteiger partial charge < -0.3 is 0 Å². The Bertz CT molecular complexity index is 805. The molecule has 1 saturated heterocycles. The van der Waals surface area contributed by atoms with E-state index >= 15 is 0 Å². The van der Waals surface area contributed by atoms with Gasteiger partial charge >= 0.3 is 0 Å². The van der Waals surface area contributed by atoms with Crippen LogP contribution < -0.4 is 0 Å². The van der Waals surface area contributed by atoms with Gasteiger partial charge in [0, 0.05) is 31.7 Å². The predicted molar refractivity (Wildman–Crippen MR) is 107 cm³/mol. The molecule has 0 atom stereocenters. The summed E-state index contributed by atoms with van der Waals surface area (Å²) in [5, 5.41) is 0. The van der Waals surface area contributed by atoms with Crippen LogP contribution in [0.2, 0.25) is 0 Å². The summed E-state index contributed by atoms with van der Waals surface area (Å²) in [6.07, 6.45) is 8.47. The number of nitrogens with zero attached hydrogens (tertiary/aromatic N) is 2. The number of rotatable bonds is 3. The summed E-state index contributed by atoms with van der Waals surface area (Å²) in [6, 6.07) is 5.52. The standard InChI is InChI=1S/C22H32N2O2S/c1-16-3-4-21(9-17(16)2)27(25,26)24-7-5-23(6-8-24)22-13-18-10-19(14-22)12-20(11-18)15-22/h3-4,9,18-20H,5-8,10-15H2,1-2H3. The highest BCUT2D eigenvalue weighted by Crippen LogP contribution is 2.57. The topological polar surface area (TPSA) is 40.6 Å². The number of sulfonamides is 1. The van der Waals surface area contributed by atoms with Crippen LogP contribution in [0.3, 0.4) is 0 Å². The molecule has 1 aromatic carbocycles. The van der Waals surface area contributed by atoms with Crippen molar-refractivity contribution < 1.29 is 8.42 Å². The molecule has 5 aliphatic rings. The minimum atomic E-state index is -3.37. The fraction of sp³-hybridized carbons (Fsp3) is 0.727. The van der Waals surface area contributed by atoms with E-state index in [0.717, 1.165) is 42.0 Å². The van der Waals surface area contributed by atoms with Crippen LogP contribution >= 0.6 is 0 Å². The molecule has 0 amide bonds. The Balaban J connectivity index is 1.31. The molecule has 27 heavy (non-hydrogen) atoms. The largest absolute Gasteiger partial charge is 0.295 e. The van der Waals surface area contributed by atoms with Gasteiger partial charge in [0.15, 0.2) is 0 Å². The van der Waals surface area contributed by atoms with E-state index in [1.54, 1.807) is 10.4 Å². The van der Waals surface area contributed by atoms with Crippen molar-refractivity contribution in [2.24, 2.45) is 17.8 Å². The lowest BCUT2D eigenvalue weighted by atomic mass is 9.52. The summed E-state index contributed by atoms with van der Waals surface area (Å²) in [5.74, 6) is 2.82. The van der Waals surface area contributed by atoms with Crippen molar-refractivity contribution in [2.75, 3.05) is 26.2 Å². The average Bonchev–Trinajstić information content (AvgIpc) is 2.63. The van der Waals surface area contributed by atoms with Crippen molar-refractivity contribution in [3.63, 3.8) is 0 Å². The molecule has 6 rings (SSSR count). The van der Waals surface area contributed by atoms with E-state index in [1.807, 2.05) is 26.0 Å². The Hall–Kier alpha value is -0.910. The SMILES string of the molecule is Cc1ccc(S(=O)(=O)N2CCN(C34CC5CC(CC(C5)C3)C4)CC2)cc1C. The zero-order valence-corrected chi connectivity index (χ0v) is 17.5. The molecule has 4 aliphatic carbocycles. The quantitative estimate of drug-likeness (QED) is 0.795. The highest BCUT2D eigenvalue weighted by Gasteiger charge is 2.53. The van der Waals surface area contributed by atoms with Gasteiger partial charge in [-0.15, -0.1) is 0 Å². The van der Waals surface area contributed by atoms with Crippen LogP contribution in [0.15, 0.2) is 23.1 Å². The first-order chi connectivity index (χ1) is 12.9. The lowest BCUT2D eigenvalue weighted by Crippen LogP contribution is -2.64. The van der Waals surface area contributed by atoms with Gasteiger partial charge in [0.05, 0.1) is 4.90 Å². The molecule has 0 unspecified atom stereocenters. The van der Waals surface area contributed by atoms with Crippen molar-refractivity contribution >= 4 is 10.0 Å². The van der Waals surface area contributed by atoms with Crippen LogP contribution in [-0.4, -0.2) is 49.3 Å². The summed E-state index contributed by atoms with van der Waals surface area (Å²) in [6.45, 7) is 7.08. The van der Waals surface area contributed by atoms with Crippen molar-refractivity contribution in [3.8, 4) is 0 Å². The maximum Gasteiger partial charge on any atom is 0.243 e. The molecule has 0 N–H and O–H groups in total. The molecule has 0 spiro atoms. The summed E-state index contributed by atoms with van der Waals surface area (Å²) in [7, 11) is -3.37. The van der Waals surface area contributed by atoms with Crippen molar-refractivity contribution in [2.45, 2.75) is 62.8 Å². The third kappa shape index (κ3) is 2.97. The Morgan fingerprint density at radius 3 is 1.93 bits per heavy atom. The van der Waals surface area contributed by atoms with Crippen molar-refractivity contribution in [1.82, 2.24) is 9.21 Å². The molecule has 0 radical (unpaired) electrons. The third-order valence-corrected chi connectivity index (χ3v) is 9.93. The Labute approximate surface area is 164 Å². The molecule has 1 aromatic rings. The van der Waals surface area contributed by atoms with Gasteiger partial charge in [-0.1, -0.05) is 6.07 Å². The van der Waals surface area contributed by atoms with Crippen molar-refractivity contribution in [1.29, 1.82) is 0 Å². The van der Waals surface area contributed by atoms with Crippen LogP contribution in [0.25, 0.3) is 0 Å². The predicted octanol–water partition coefficient (Wildman–Crippen LogP) is 3.58. The Morgan fingerprint density at radius 2 is 1.41 bits per heavy atom. The molecule has 4 saturated carbocycles. The Kier molecular flexibility index (Phi) is 4.23. The lowest BCUT2D eigenvalue weighted by molar-refractivity contribution is -0.0964. The zero-order chi connectivity index (χ0) is 18.8. The second-order valence-electron chi connectivity index (χ2n) is 9.78. The lowest BCUT2D eigenvalue weighted by Gasteiger charge is -2.61. The molecule has 4 bridgehead atoms. The Morgan fingerprint density at radius 1 is 0.852 bits per heavy atom. The number of piperazine rings is 1. The maximum absolute atomic E-state index is 13.1. The average molecular weight is 389 g/mol. The molecular formula is C22H32N2O2S. The van der Waals surface area contributed by atoms with E-state index in [2.05, 4.69) is 4.90 Å². The molecule has 0 aromatic heterocycles. The van der Waals surface area contributed by atoms with Crippen LogP contribution in [-0.2, 0) is 10.0 Å². The first-order valence-electron chi connectivity index (χ1n) is 10.7. The van der Waals surface area contributed by atoms with Gasteiger partial charge in [-0.2, -0.15) is 4.31 Å². The number of hydrogen-bond donors (Lipinski definition) is 0. The molecule has 5 heteroatoms. The highest BCUT2D eigenvalue weighted by molar-refractivity contribution is 7.89. The molecule has 1 heterocycles. The van der Waals surface area contributed by atoms with E-state index in [9.17, 15) is 8.42 Å².